The molecule has 388 valence electrons. The number of carbonyl (C=O) groups is 3. The van der Waals surface area contributed by atoms with Gasteiger partial charge in [-0.3, -0.25) is 14.9 Å². The molecule has 9 fully saturated rings. The number of benzene rings is 1. The molecular formula is C59H76N2O11. The molecule has 6 aliphatic heterocycles. The van der Waals surface area contributed by atoms with Gasteiger partial charge >= 0.3 is 11.9 Å². The van der Waals surface area contributed by atoms with Crippen molar-refractivity contribution < 1.29 is 53.1 Å². The number of esters is 2. The van der Waals surface area contributed by atoms with Crippen LogP contribution in [0.5, 0.6) is 0 Å². The first kappa shape index (κ1) is 47.8. The van der Waals surface area contributed by atoms with Crippen LogP contribution in [0.4, 0.5) is 0 Å². The van der Waals surface area contributed by atoms with Gasteiger partial charge in [0.05, 0.1) is 49.7 Å². The molecule has 1 aromatic heterocycles. The van der Waals surface area contributed by atoms with E-state index in [9.17, 15) is 20.1 Å². The second kappa shape index (κ2) is 17.3. The minimum absolute atomic E-state index is 0.0180. The number of hydrogen-bond donors (Lipinski definition) is 4. The molecule has 5 saturated heterocycles. The molecule has 0 amide bonds. The first-order valence-electron chi connectivity index (χ1n) is 27.9. The van der Waals surface area contributed by atoms with Crippen molar-refractivity contribution in [3.63, 3.8) is 0 Å². The van der Waals surface area contributed by atoms with E-state index >= 15 is 9.59 Å². The number of fused-ring (bicyclic) bond motifs is 5. The first-order chi connectivity index (χ1) is 34.8. The topological polar surface area (TPSA) is 181 Å². The highest BCUT2D eigenvalue weighted by Gasteiger charge is 2.93. The monoisotopic (exact) mass is 989 g/mol. The molecule has 3 spiro atoms. The molecule has 13 rings (SSSR count). The van der Waals surface area contributed by atoms with Gasteiger partial charge in [-0.1, -0.05) is 82.2 Å². The highest BCUT2D eigenvalue weighted by Crippen LogP contribution is 2.83. The molecule has 4 saturated carbocycles. The lowest BCUT2D eigenvalue weighted by atomic mass is 9.32. The van der Waals surface area contributed by atoms with E-state index in [1.54, 1.807) is 6.26 Å². The predicted octanol–water partition coefficient (Wildman–Crippen LogP) is 7.02. The minimum atomic E-state index is -1.49. The second-order valence-corrected chi connectivity index (χ2v) is 25.4. The number of aliphatic hydroxyl groups is 3. The van der Waals surface area contributed by atoms with E-state index < -0.39 is 75.8 Å². The third kappa shape index (κ3) is 6.61. The van der Waals surface area contributed by atoms with Gasteiger partial charge in [0.1, 0.15) is 30.2 Å². The SMILES string of the molecule is CC(C)[C@H]1C=CC[C@@]2(C1)O[C@H]1CC(=O)OC[C@@]13[C@@H]2C(=O)[C@@H](O)[C@]1([C@H]2CCC[C@@H](Cc4ccccc4)C2)[C@@H]3CC[C@@]2(C)[C@H](c3ccoc3C[C@@H]([C@@H]3CC[C@@H]4[C@H](C=CN5CNC[C@@H]45)C3)[C@H](O)CO)OC(=O)[C@H]3O[C@@]312. The number of carbonyl (C=O) groups excluding carboxylic acids is 3. The number of aliphatic hydroxyl groups excluding tert-OH is 3. The molecule has 1 aromatic carbocycles. The summed E-state index contributed by atoms with van der Waals surface area (Å²) in [6, 6.07) is 12.9. The number of furan rings is 1. The Kier molecular flexibility index (Phi) is 11.5. The van der Waals surface area contributed by atoms with Gasteiger partial charge in [-0.25, -0.2) is 4.79 Å². The zero-order valence-electron chi connectivity index (χ0n) is 42.4. The summed E-state index contributed by atoms with van der Waals surface area (Å²) in [7, 11) is 0. The smallest absolute Gasteiger partial charge is 0.339 e. The molecule has 0 radical (unpaired) electrons. The lowest BCUT2D eigenvalue weighted by Gasteiger charge is -2.70. The summed E-state index contributed by atoms with van der Waals surface area (Å²) in [5.41, 5.74) is -3.45. The van der Waals surface area contributed by atoms with Crippen molar-refractivity contribution in [3.8, 4) is 0 Å². The lowest BCUT2D eigenvalue weighted by Crippen LogP contribution is -2.79. The van der Waals surface area contributed by atoms with Gasteiger partial charge in [-0.15, -0.1) is 0 Å². The van der Waals surface area contributed by atoms with Crippen LogP contribution in [0.25, 0.3) is 0 Å². The molecule has 72 heavy (non-hydrogen) atoms. The fourth-order valence-electron chi connectivity index (χ4n) is 19.2. The van der Waals surface area contributed by atoms with Crippen LogP contribution < -0.4 is 5.32 Å². The normalized spacial score (nSPS) is 46.5. The van der Waals surface area contributed by atoms with Crippen LogP contribution in [-0.4, -0.2) is 106 Å². The van der Waals surface area contributed by atoms with E-state index in [1.165, 1.54) is 5.56 Å². The Morgan fingerprint density at radius 3 is 2.64 bits per heavy atom. The number of hydrogen-bond acceptors (Lipinski definition) is 13. The standard InChI is InChI=1S/C59H76N2O11/c1-33(2)38-12-8-19-56(28-38)50-49(65)51(66)58(39-13-7-11-35(24-39)23-34-9-5-4-6-10-34)46(57(50)31-69-48(64)27-47(57)71-56)16-20-55(3)52(70-54(67)53-59(55,58)72-53)41-18-22-68-45(41)26-42(44(63)30-62)36-14-15-40-37(25-36)17-21-61-32-60-29-43(40)61/h4-6,8-10,12,17-18,21-22,33,35-40,42-44,46-47,50-53,60,62-63,66H,7,11,13-16,19-20,23-32H2,1-3H3/t35-,36+,37+,38-,39-,40+,42-,43-,44+,46+,47-,50+,51+,52-,53+,55-,56-,57-,58-,59+/m0/s1. The van der Waals surface area contributed by atoms with Gasteiger partial charge in [-0.2, -0.15) is 0 Å². The molecular weight excluding hydrogens is 913 g/mol. The Bertz CT molecular complexity index is 2510. The van der Waals surface area contributed by atoms with Crippen molar-refractivity contribution in [1.29, 1.82) is 0 Å². The van der Waals surface area contributed by atoms with E-state index in [0.29, 0.717) is 67.2 Å². The number of nitrogens with zero attached hydrogens (tertiary/aromatic N) is 1. The lowest BCUT2D eigenvalue weighted by molar-refractivity contribution is -0.276. The number of epoxide rings is 1. The van der Waals surface area contributed by atoms with Gasteiger partial charge < -0.3 is 43.6 Å². The second-order valence-electron chi connectivity index (χ2n) is 25.4. The Balaban J connectivity index is 0.912. The van der Waals surface area contributed by atoms with Gasteiger partial charge in [0.2, 0.25) is 0 Å². The van der Waals surface area contributed by atoms with Crippen molar-refractivity contribution in [2.75, 3.05) is 26.4 Å². The van der Waals surface area contributed by atoms with Crippen LogP contribution in [0.15, 0.2) is 71.5 Å². The number of ether oxygens (including phenoxy) is 4. The number of Topliss-reactive ketones (excluding diaryl/α,β-unsaturated/α-hetero) is 1. The molecule has 5 aliphatic carbocycles. The summed E-state index contributed by atoms with van der Waals surface area (Å²) in [6.45, 7) is 8.03. The number of ketones is 1. The molecule has 0 unspecified atom stereocenters. The number of allylic oxidation sites excluding steroid dienone is 2. The van der Waals surface area contributed by atoms with E-state index in [-0.39, 0.29) is 61.0 Å². The van der Waals surface area contributed by atoms with Gasteiger partial charge in [0.15, 0.2) is 11.9 Å². The van der Waals surface area contributed by atoms with Crippen LogP contribution in [0, 0.1) is 75.4 Å². The number of rotatable bonds is 10. The number of cyclic esters (lactones) is 2. The zero-order valence-corrected chi connectivity index (χ0v) is 42.4. The molecule has 2 aromatic rings. The highest BCUT2D eigenvalue weighted by molar-refractivity contribution is 5.92. The van der Waals surface area contributed by atoms with Gasteiger partial charge in [0, 0.05) is 40.8 Å². The van der Waals surface area contributed by atoms with E-state index in [4.69, 9.17) is 23.4 Å². The summed E-state index contributed by atoms with van der Waals surface area (Å²) < 4.78 is 34.0. The molecule has 20 atom stereocenters. The van der Waals surface area contributed by atoms with E-state index in [2.05, 4.69) is 79.7 Å². The van der Waals surface area contributed by atoms with Crippen LogP contribution >= 0.6 is 0 Å². The average Bonchev–Trinajstić information content (AvgIpc) is 3.61. The Labute approximate surface area is 423 Å². The van der Waals surface area contributed by atoms with Crippen LogP contribution in [-0.2, 0) is 46.2 Å². The van der Waals surface area contributed by atoms with Crippen LogP contribution in [0.1, 0.15) is 121 Å². The van der Waals surface area contributed by atoms with Crippen molar-refractivity contribution >= 4 is 17.7 Å². The van der Waals surface area contributed by atoms with Crippen LogP contribution in [0.2, 0.25) is 0 Å². The Hall–Kier alpha value is -3.85. The van der Waals surface area contributed by atoms with Crippen molar-refractivity contribution in [2.45, 2.75) is 158 Å². The summed E-state index contributed by atoms with van der Waals surface area (Å²) in [5.74, 6) is -0.414. The van der Waals surface area contributed by atoms with E-state index in [0.717, 1.165) is 64.6 Å². The third-order valence-corrected chi connectivity index (χ3v) is 22.2. The molecule has 0 bridgehead atoms. The zero-order chi connectivity index (χ0) is 49.5. The third-order valence-electron chi connectivity index (χ3n) is 22.2. The van der Waals surface area contributed by atoms with Crippen molar-refractivity contribution in [1.82, 2.24) is 10.2 Å². The minimum Gasteiger partial charge on any atom is -0.469 e. The maximum absolute atomic E-state index is 16.3. The molecule has 13 heteroatoms. The summed E-state index contributed by atoms with van der Waals surface area (Å²) in [4.78, 5) is 47.3. The fraction of sp³-hybridized carbons (Fsp3) is 0.712. The Morgan fingerprint density at radius 2 is 1.82 bits per heavy atom. The van der Waals surface area contributed by atoms with Crippen molar-refractivity contribution in [2.24, 2.45) is 75.4 Å². The van der Waals surface area contributed by atoms with Crippen molar-refractivity contribution in [3.05, 3.63) is 84.0 Å². The van der Waals surface area contributed by atoms with Gasteiger partial charge in [-0.05, 0) is 135 Å². The maximum atomic E-state index is 16.3. The van der Waals surface area contributed by atoms with Crippen LogP contribution in [0.3, 0.4) is 0 Å². The van der Waals surface area contributed by atoms with E-state index in [1.807, 2.05) is 12.1 Å². The first-order valence-corrected chi connectivity index (χ1v) is 27.9. The fourth-order valence-corrected chi connectivity index (χ4v) is 19.2. The summed E-state index contributed by atoms with van der Waals surface area (Å²) >= 11 is 0. The quantitative estimate of drug-likeness (QED) is 0.109. The molecule has 11 aliphatic rings. The largest absolute Gasteiger partial charge is 0.469 e. The molecule has 7 heterocycles. The van der Waals surface area contributed by atoms with Gasteiger partial charge in [0.25, 0.3) is 0 Å². The highest BCUT2D eigenvalue weighted by atomic mass is 16.7. The summed E-state index contributed by atoms with van der Waals surface area (Å²) in [6.07, 6.45) is 15.4. The number of nitrogens with one attached hydrogen (secondary N) is 1. The average molecular weight is 989 g/mol. The predicted molar refractivity (Wildman–Crippen MR) is 263 cm³/mol. The molecule has 4 N–H and O–H groups in total. The molecule has 13 nitrogen and oxygen atoms in total. The maximum Gasteiger partial charge on any atom is 0.339 e. The Morgan fingerprint density at radius 1 is 0.972 bits per heavy atom. The summed E-state index contributed by atoms with van der Waals surface area (Å²) in [5, 5.41) is 39.7.